The lowest BCUT2D eigenvalue weighted by atomic mass is 10.1. The van der Waals surface area contributed by atoms with E-state index < -0.39 is 18.5 Å². The van der Waals surface area contributed by atoms with Gasteiger partial charge in [-0.3, -0.25) is 4.79 Å². The summed E-state index contributed by atoms with van der Waals surface area (Å²) in [6, 6.07) is 15.1. The van der Waals surface area contributed by atoms with Crippen molar-refractivity contribution in [3.8, 4) is 5.75 Å². The Balaban J connectivity index is 1.48. The van der Waals surface area contributed by atoms with Crippen molar-refractivity contribution in [1.29, 1.82) is 0 Å². The Hall–Kier alpha value is -2.80. The number of nitrogens with zero attached hydrogens (tertiary/aromatic N) is 1. The molecular formula is C21H15Cl3N2O4. The monoisotopic (exact) mass is 464 g/mol. The quantitative estimate of drug-likeness (QED) is 0.472. The predicted octanol–water partition coefficient (Wildman–Crippen LogP) is 5.42. The van der Waals surface area contributed by atoms with Gasteiger partial charge in [0.2, 0.25) is 0 Å². The summed E-state index contributed by atoms with van der Waals surface area (Å²) in [5.74, 6) is -0.394. The zero-order valence-corrected chi connectivity index (χ0v) is 17.7. The molecule has 1 amide bonds. The van der Waals surface area contributed by atoms with Gasteiger partial charge < -0.3 is 14.8 Å². The Morgan fingerprint density at radius 2 is 1.63 bits per heavy atom. The van der Waals surface area contributed by atoms with Gasteiger partial charge in [0.15, 0.2) is 12.4 Å². The van der Waals surface area contributed by atoms with Crippen molar-refractivity contribution in [3.05, 3.63) is 87.0 Å². The largest absolute Gasteiger partial charge is 0.489 e. The highest BCUT2D eigenvalue weighted by Gasteiger charge is 2.12. The molecular weight excluding hydrogens is 451 g/mol. The lowest BCUT2D eigenvalue weighted by molar-refractivity contribution is -0.119. The fraction of sp³-hybridized carbons (Fsp3) is 0.0952. The lowest BCUT2D eigenvalue weighted by Gasteiger charge is -2.09. The molecule has 9 heteroatoms. The van der Waals surface area contributed by atoms with Crippen LogP contribution in [-0.2, 0) is 16.1 Å². The number of benzene rings is 2. The van der Waals surface area contributed by atoms with Crippen LogP contribution in [0, 0.1) is 0 Å². The molecule has 3 rings (SSSR count). The third-order valence-electron chi connectivity index (χ3n) is 3.81. The van der Waals surface area contributed by atoms with Crippen LogP contribution in [0.1, 0.15) is 15.9 Å². The minimum Gasteiger partial charge on any atom is -0.489 e. The molecule has 2 aromatic carbocycles. The average Bonchev–Trinajstić information content (AvgIpc) is 2.74. The fourth-order valence-electron chi connectivity index (χ4n) is 2.32. The molecule has 1 N–H and O–H groups in total. The van der Waals surface area contributed by atoms with Gasteiger partial charge in [-0.2, -0.15) is 0 Å². The van der Waals surface area contributed by atoms with Crippen molar-refractivity contribution in [3.63, 3.8) is 0 Å². The molecule has 1 aromatic heterocycles. The number of nitrogens with one attached hydrogen (secondary N) is 1. The molecule has 0 radical (unpaired) electrons. The molecule has 0 atom stereocenters. The third-order valence-corrected chi connectivity index (χ3v) is 4.56. The molecule has 0 aliphatic carbocycles. The molecule has 0 aliphatic heterocycles. The predicted molar refractivity (Wildman–Crippen MR) is 115 cm³/mol. The molecule has 0 fully saturated rings. The fourth-order valence-corrected chi connectivity index (χ4v) is 2.88. The second-order valence-corrected chi connectivity index (χ2v) is 7.33. The summed E-state index contributed by atoms with van der Waals surface area (Å²) < 4.78 is 10.7. The van der Waals surface area contributed by atoms with Gasteiger partial charge in [0, 0.05) is 11.2 Å². The SMILES string of the molecule is O=C(COC(=O)c1ccc(COc2ccc(Cl)cc2)cc1)Nc1ncc(Cl)cc1Cl. The number of carbonyl (C=O) groups excluding carboxylic acids is 2. The number of rotatable bonds is 7. The van der Waals surface area contributed by atoms with Crippen molar-refractivity contribution < 1.29 is 19.1 Å². The molecule has 0 spiro atoms. The van der Waals surface area contributed by atoms with E-state index in [-0.39, 0.29) is 10.8 Å². The summed E-state index contributed by atoms with van der Waals surface area (Å²) in [4.78, 5) is 28.0. The van der Waals surface area contributed by atoms with Crippen LogP contribution < -0.4 is 10.1 Å². The van der Waals surface area contributed by atoms with Gasteiger partial charge in [0.1, 0.15) is 12.4 Å². The van der Waals surface area contributed by atoms with Gasteiger partial charge in [-0.25, -0.2) is 9.78 Å². The first-order valence-electron chi connectivity index (χ1n) is 8.66. The second-order valence-electron chi connectivity index (χ2n) is 6.05. The topological polar surface area (TPSA) is 77.5 Å². The summed E-state index contributed by atoms with van der Waals surface area (Å²) >= 11 is 17.5. The van der Waals surface area contributed by atoms with E-state index in [4.69, 9.17) is 44.3 Å². The number of hydrogen-bond acceptors (Lipinski definition) is 5. The van der Waals surface area contributed by atoms with Gasteiger partial charge in [-0.1, -0.05) is 46.9 Å². The van der Waals surface area contributed by atoms with E-state index in [2.05, 4.69) is 10.3 Å². The van der Waals surface area contributed by atoms with Crippen LogP contribution in [0.4, 0.5) is 5.82 Å². The number of aromatic nitrogens is 1. The number of carbonyl (C=O) groups is 2. The molecule has 0 unspecified atom stereocenters. The molecule has 154 valence electrons. The zero-order valence-electron chi connectivity index (χ0n) is 15.4. The normalized spacial score (nSPS) is 10.4. The van der Waals surface area contributed by atoms with Gasteiger partial charge >= 0.3 is 5.97 Å². The Labute approximate surface area is 187 Å². The number of ether oxygens (including phenoxy) is 2. The van der Waals surface area contributed by atoms with E-state index in [1.807, 2.05) is 0 Å². The second kappa shape index (κ2) is 10.3. The van der Waals surface area contributed by atoms with E-state index in [1.54, 1.807) is 48.5 Å². The first-order valence-corrected chi connectivity index (χ1v) is 9.79. The van der Waals surface area contributed by atoms with E-state index in [0.717, 1.165) is 5.56 Å². The molecule has 0 bridgehead atoms. The lowest BCUT2D eigenvalue weighted by Crippen LogP contribution is -2.21. The maximum absolute atomic E-state index is 12.1. The maximum Gasteiger partial charge on any atom is 0.338 e. The zero-order chi connectivity index (χ0) is 21.5. The van der Waals surface area contributed by atoms with Crippen LogP contribution in [-0.4, -0.2) is 23.5 Å². The van der Waals surface area contributed by atoms with E-state index in [9.17, 15) is 9.59 Å². The highest BCUT2D eigenvalue weighted by molar-refractivity contribution is 6.36. The van der Waals surface area contributed by atoms with Crippen molar-refractivity contribution in [2.24, 2.45) is 0 Å². The van der Waals surface area contributed by atoms with Crippen molar-refractivity contribution in [2.45, 2.75) is 6.61 Å². The Kier molecular flexibility index (Phi) is 7.52. The van der Waals surface area contributed by atoms with Crippen molar-refractivity contribution >= 4 is 52.5 Å². The van der Waals surface area contributed by atoms with E-state index >= 15 is 0 Å². The summed E-state index contributed by atoms with van der Waals surface area (Å²) in [6.45, 7) is -0.158. The maximum atomic E-state index is 12.1. The molecule has 3 aromatic rings. The minimum atomic E-state index is -0.634. The highest BCUT2D eigenvalue weighted by atomic mass is 35.5. The smallest absolute Gasteiger partial charge is 0.338 e. The van der Waals surface area contributed by atoms with E-state index in [1.165, 1.54) is 12.3 Å². The molecule has 0 aliphatic rings. The number of pyridine rings is 1. The molecule has 6 nitrogen and oxygen atoms in total. The summed E-state index contributed by atoms with van der Waals surface area (Å²) in [5, 5.41) is 3.60. The van der Waals surface area contributed by atoms with Crippen LogP contribution in [0.15, 0.2) is 60.8 Å². The number of esters is 1. The van der Waals surface area contributed by atoms with E-state index in [0.29, 0.717) is 28.0 Å². The van der Waals surface area contributed by atoms with Gasteiger partial charge in [0.25, 0.3) is 5.91 Å². The van der Waals surface area contributed by atoms with Gasteiger partial charge in [0.05, 0.1) is 15.6 Å². The van der Waals surface area contributed by atoms with Crippen LogP contribution in [0.5, 0.6) is 5.75 Å². The van der Waals surface area contributed by atoms with Crippen LogP contribution in [0.2, 0.25) is 15.1 Å². The summed E-state index contributed by atoms with van der Waals surface area (Å²) in [6.07, 6.45) is 1.34. The highest BCUT2D eigenvalue weighted by Crippen LogP contribution is 2.22. The summed E-state index contributed by atoms with van der Waals surface area (Å²) in [5.41, 5.74) is 1.17. The first kappa shape index (κ1) is 21.9. The van der Waals surface area contributed by atoms with Crippen LogP contribution in [0.25, 0.3) is 0 Å². The standard InChI is InChI=1S/C21H15Cl3N2O4/c22-15-5-7-17(8-6-15)29-11-13-1-3-14(4-2-13)21(28)30-12-19(27)26-20-18(24)9-16(23)10-25-20/h1-10H,11-12H2,(H,25,26,27). The van der Waals surface area contributed by atoms with Gasteiger partial charge in [-0.15, -0.1) is 0 Å². The molecule has 0 saturated carbocycles. The average molecular weight is 466 g/mol. The minimum absolute atomic E-state index is 0.132. The summed E-state index contributed by atoms with van der Waals surface area (Å²) in [7, 11) is 0. The van der Waals surface area contributed by atoms with Crippen LogP contribution in [0.3, 0.4) is 0 Å². The molecule has 30 heavy (non-hydrogen) atoms. The molecule has 0 saturated heterocycles. The Morgan fingerprint density at radius 1 is 0.933 bits per heavy atom. The Bertz CT molecular complexity index is 1040. The van der Waals surface area contributed by atoms with Crippen molar-refractivity contribution in [2.75, 3.05) is 11.9 Å². The number of amides is 1. The van der Waals surface area contributed by atoms with Gasteiger partial charge in [-0.05, 0) is 48.0 Å². The Morgan fingerprint density at radius 3 is 2.30 bits per heavy atom. The van der Waals surface area contributed by atoms with Crippen LogP contribution >= 0.6 is 34.8 Å². The number of halogens is 3. The third kappa shape index (κ3) is 6.35. The first-order chi connectivity index (χ1) is 14.4. The number of hydrogen-bond donors (Lipinski definition) is 1. The van der Waals surface area contributed by atoms with Crippen molar-refractivity contribution in [1.82, 2.24) is 4.98 Å². The molecule has 1 heterocycles. The number of anilines is 1.